The highest BCUT2D eigenvalue weighted by atomic mass is 16.5. The molecule has 1 N–H and O–H groups in total. The Morgan fingerprint density at radius 3 is 2.30 bits per heavy atom. The first-order valence-corrected chi connectivity index (χ1v) is 16.7. The maximum Gasteiger partial charge on any atom is 0.337 e. The lowest BCUT2D eigenvalue weighted by atomic mass is 9.81. The number of aliphatic carboxylic acids is 1. The van der Waals surface area contributed by atoms with Gasteiger partial charge in [-0.15, -0.1) is 0 Å². The van der Waals surface area contributed by atoms with Crippen LogP contribution >= 0.6 is 0 Å². The van der Waals surface area contributed by atoms with E-state index >= 15 is 0 Å². The highest BCUT2D eigenvalue weighted by Crippen LogP contribution is 2.45. The summed E-state index contributed by atoms with van der Waals surface area (Å²) >= 11 is 0. The lowest BCUT2D eigenvalue weighted by Gasteiger charge is -2.41. The second-order valence-electron chi connectivity index (χ2n) is 15.2. The molecule has 5 rings (SSSR count). The minimum absolute atomic E-state index is 0.253. The smallest absolute Gasteiger partial charge is 0.337 e. The van der Waals surface area contributed by atoms with Crippen molar-refractivity contribution in [2.24, 2.45) is 5.41 Å². The molecule has 1 aromatic heterocycles. The molecule has 2 aliphatic rings. The fourth-order valence-electron chi connectivity index (χ4n) is 7.14. The molecule has 3 aromatic rings. The zero-order valence-electron chi connectivity index (χ0n) is 29.6. The zero-order valence-corrected chi connectivity index (χ0v) is 29.6. The first kappa shape index (κ1) is 33.9. The summed E-state index contributed by atoms with van der Waals surface area (Å²) in [7, 11) is 1.73. The molecule has 7 nitrogen and oxygen atoms in total. The standard InChI is InChI=1S/C39H53N3O4/c1-24-20-32(45-10)25(2)19-31(24)23-41-16-13-28-21-29(11-12-30(28)22-41)33-26(3)40-27(4)34(36(37(43)44)46-38(5,6)7)35(33)42-17-14-39(8,9)15-18-42/h11-12,19-21,36H,13-18,22-23H2,1-10H3,(H,43,44)/t36-/m0/s1. The molecule has 3 heterocycles. The van der Waals surface area contributed by atoms with E-state index in [0.29, 0.717) is 5.56 Å². The molecule has 0 saturated carbocycles. The molecule has 0 radical (unpaired) electrons. The Hall–Kier alpha value is -3.42. The van der Waals surface area contributed by atoms with E-state index in [4.69, 9.17) is 14.5 Å². The number of methoxy groups -OCH3 is 1. The van der Waals surface area contributed by atoms with Crippen LogP contribution in [0.2, 0.25) is 0 Å². The number of nitrogens with zero attached hydrogens (tertiary/aromatic N) is 3. The number of carboxylic acids is 1. The summed E-state index contributed by atoms with van der Waals surface area (Å²) in [6.45, 7) is 23.1. The fourth-order valence-corrected chi connectivity index (χ4v) is 7.14. The molecular formula is C39H53N3O4. The van der Waals surface area contributed by atoms with E-state index in [1.807, 2.05) is 27.7 Å². The summed E-state index contributed by atoms with van der Waals surface area (Å²) in [4.78, 5) is 22.7. The molecule has 2 aromatic carbocycles. The molecule has 7 heteroatoms. The minimum atomic E-state index is -1.12. The van der Waals surface area contributed by atoms with Gasteiger partial charge in [0, 0.05) is 55.2 Å². The molecule has 0 spiro atoms. The van der Waals surface area contributed by atoms with E-state index in [9.17, 15) is 9.90 Å². The molecule has 0 unspecified atom stereocenters. The maximum absolute atomic E-state index is 12.8. The number of anilines is 1. The van der Waals surface area contributed by atoms with Crippen LogP contribution in [-0.2, 0) is 29.0 Å². The fraction of sp³-hybridized carbons (Fsp3) is 0.538. The number of hydrogen-bond donors (Lipinski definition) is 1. The third-order valence-electron chi connectivity index (χ3n) is 9.80. The van der Waals surface area contributed by atoms with Gasteiger partial charge in [-0.1, -0.05) is 38.1 Å². The molecule has 1 atom stereocenters. The van der Waals surface area contributed by atoms with Gasteiger partial charge in [-0.2, -0.15) is 0 Å². The molecular weight excluding hydrogens is 574 g/mol. The van der Waals surface area contributed by atoms with Gasteiger partial charge in [-0.05, 0) is 113 Å². The van der Waals surface area contributed by atoms with E-state index < -0.39 is 17.7 Å². The van der Waals surface area contributed by atoms with Crippen LogP contribution in [-0.4, -0.2) is 53.3 Å². The Kier molecular flexibility index (Phi) is 9.59. The van der Waals surface area contributed by atoms with Crippen LogP contribution in [0.3, 0.4) is 0 Å². The van der Waals surface area contributed by atoms with E-state index in [2.05, 4.69) is 74.8 Å². The van der Waals surface area contributed by atoms with Crippen molar-refractivity contribution < 1.29 is 19.4 Å². The van der Waals surface area contributed by atoms with Gasteiger partial charge in [0.1, 0.15) is 5.75 Å². The summed E-state index contributed by atoms with van der Waals surface area (Å²) in [5.41, 5.74) is 11.5. The van der Waals surface area contributed by atoms with Crippen LogP contribution in [0.15, 0.2) is 30.3 Å². The number of carboxylic acid groups (broad SMARTS) is 1. The first-order valence-electron chi connectivity index (χ1n) is 16.7. The number of aryl methyl sites for hydroxylation is 4. The van der Waals surface area contributed by atoms with Crippen LogP contribution in [0.1, 0.15) is 98.3 Å². The van der Waals surface area contributed by atoms with Crippen molar-refractivity contribution in [3.05, 3.63) is 75.1 Å². The number of hydrogen-bond acceptors (Lipinski definition) is 6. The van der Waals surface area contributed by atoms with E-state index in [1.165, 1.54) is 22.3 Å². The monoisotopic (exact) mass is 627 g/mol. The topological polar surface area (TPSA) is 75.1 Å². The number of fused-ring (bicyclic) bond motifs is 1. The lowest BCUT2D eigenvalue weighted by Crippen LogP contribution is -2.39. The van der Waals surface area contributed by atoms with Gasteiger partial charge in [0.25, 0.3) is 0 Å². The van der Waals surface area contributed by atoms with Crippen molar-refractivity contribution in [2.75, 3.05) is 31.6 Å². The summed E-state index contributed by atoms with van der Waals surface area (Å²) in [5, 5.41) is 10.5. The average Bonchev–Trinajstić information content (AvgIpc) is 2.97. The van der Waals surface area contributed by atoms with Crippen LogP contribution in [0.25, 0.3) is 11.1 Å². The van der Waals surface area contributed by atoms with Crippen LogP contribution in [0.4, 0.5) is 5.69 Å². The number of benzene rings is 2. The number of ether oxygens (including phenoxy) is 2. The number of pyridine rings is 1. The van der Waals surface area contributed by atoms with Gasteiger partial charge in [0.05, 0.1) is 18.4 Å². The molecule has 46 heavy (non-hydrogen) atoms. The SMILES string of the molecule is COc1cc(C)c(CN2CCc3cc(-c4c(C)nc(C)c([C@H](OC(C)(C)C)C(=O)O)c4N4CCC(C)(C)CC4)ccc3C2)cc1C. The normalized spacial score (nSPS) is 17.5. The number of piperidine rings is 1. The summed E-state index contributed by atoms with van der Waals surface area (Å²) in [6, 6.07) is 11.2. The largest absolute Gasteiger partial charge is 0.496 e. The molecule has 0 bridgehead atoms. The maximum atomic E-state index is 12.8. The van der Waals surface area contributed by atoms with Crippen molar-refractivity contribution in [1.29, 1.82) is 0 Å². The molecule has 1 saturated heterocycles. The van der Waals surface area contributed by atoms with Crippen LogP contribution < -0.4 is 9.64 Å². The summed E-state index contributed by atoms with van der Waals surface area (Å²) in [6.07, 6.45) is 1.92. The number of rotatable bonds is 8. The predicted octanol–water partition coefficient (Wildman–Crippen LogP) is 8.12. The average molecular weight is 628 g/mol. The van der Waals surface area contributed by atoms with Gasteiger partial charge in [-0.3, -0.25) is 9.88 Å². The Morgan fingerprint density at radius 1 is 0.978 bits per heavy atom. The Morgan fingerprint density at radius 2 is 1.67 bits per heavy atom. The van der Waals surface area contributed by atoms with Crippen molar-refractivity contribution in [3.63, 3.8) is 0 Å². The number of carbonyl (C=O) groups is 1. The Labute approximate surface area is 275 Å². The number of aromatic nitrogens is 1. The second kappa shape index (κ2) is 13.0. The molecule has 1 fully saturated rings. The van der Waals surface area contributed by atoms with Gasteiger partial charge >= 0.3 is 5.97 Å². The predicted molar refractivity (Wildman–Crippen MR) is 186 cm³/mol. The lowest BCUT2D eigenvalue weighted by molar-refractivity contribution is -0.160. The summed E-state index contributed by atoms with van der Waals surface area (Å²) in [5.74, 6) is -0.0462. The Bertz CT molecular complexity index is 1610. The van der Waals surface area contributed by atoms with Gasteiger partial charge in [0.15, 0.2) is 6.10 Å². The molecule has 2 aliphatic heterocycles. The third kappa shape index (κ3) is 7.26. The van der Waals surface area contributed by atoms with Crippen LogP contribution in [0, 0.1) is 33.1 Å². The van der Waals surface area contributed by atoms with Gasteiger partial charge < -0.3 is 19.5 Å². The van der Waals surface area contributed by atoms with Crippen molar-refractivity contribution in [3.8, 4) is 16.9 Å². The van der Waals surface area contributed by atoms with Crippen LogP contribution in [0.5, 0.6) is 5.75 Å². The highest BCUT2D eigenvalue weighted by Gasteiger charge is 2.36. The van der Waals surface area contributed by atoms with Crippen molar-refractivity contribution >= 4 is 11.7 Å². The van der Waals surface area contributed by atoms with Gasteiger partial charge in [-0.25, -0.2) is 4.79 Å². The van der Waals surface area contributed by atoms with Crippen molar-refractivity contribution in [1.82, 2.24) is 9.88 Å². The molecule has 248 valence electrons. The van der Waals surface area contributed by atoms with E-state index in [-0.39, 0.29) is 5.41 Å². The molecule has 0 amide bonds. The quantitative estimate of drug-likeness (QED) is 0.270. The Balaban J connectivity index is 1.54. The third-order valence-corrected chi connectivity index (χ3v) is 9.80. The van der Waals surface area contributed by atoms with Gasteiger partial charge in [0.2, 0.25) is 0 Å². The second-order valence-corrected chi connectivity index (χ2v) is 15.2. The highest BCUT2D eigenvalue weighted by molar-refractivity contribution is 5.88. The van der Waals surface area contributed by atoms with Crippen molar-refractivity contribution in [2.45, 2.75) is 106 Å². The minimum Gasteiger partial charge on any atom is -0.496 e. The van der Waals surface area contributed by atoms with E-state index in [1.54, 1.807) is 7.11 Å². The van der Waals surface area contributed by atoms with E-state index in [0.717, 1.165) is 91.5 Å². The molecule has 0 aliphatic carbocycles. The zero-order chi connectivity index (χ0) is 33.6. The summed E-state index contributed by atoms with van der Waals surface area (Å²) < 4.78 is 11.8. The first-order chi connectivity index (χ1) is 21.6.